The summed E-state index contributed by atoms with van der Waals surface area (Å²) >= 11 is 29.5. The first-order chi connectivity index (χ1) is 8.88. The molecular formula is C12H11Cl5O2. The molecule has 0 amide bonds. The van der Waals surface area contributed by atoms with E-state index in [9.17, 15) is 0 Å². The standard InChI is InChI=1S/C12H11Cl5O2/c13-9-2-1-3-10(14)8(9)6-18-7-4-11(19-5-7)12(15,16)17/h1-3,7,11H,4-6H2. The maximum Gasteiger partial charge on any atom is 0.216 e. The predicted molar refractivity (Wildman–Crippen MR) is 79.7 cm³/mol. The highest BCUT2D eigenvalue weighted by Crippen LogP contribution is 2.38. The molecule has 1 aliphatic heterocycles. The van der Waals surface area contributed by atoms with Crippen LogP contribution in [0.1, 0.15) is 12.0 Å². The topological polar surface area (TPSA) is 18.5 Å². The highest BCUT2D eigenvalue weighted by molar-refractivity contribution is 6.68. The smallest absolute Gasteiger partial charge is 0.216 e. The van der Waals surface area contributed by atoms with E-state index in [0.29, 0.717) is 29.7 Å². The maximum atomic E-state index is 6.06. The molecule has 7 heteroatoms. The summed E-state index contributed by atoms with van der Waals surface area (Å²) < 4.78 is 9.67. The minimum absolute atomic E-state index is 0.132. The van der Waals surface area contributed by atoms with Crippen LogP contribution in [0.4, 0.5) is 0 Å². The van der Waals surface area contributed by atoms with Crippen molar-refractivity contribution in [3.8, 4) is 0 Å². The summed E-state index contributed by atoms with van der Waals surface area (Å²) in [5.74, 6) is 0. The summed E-state index contributed by atoms with van der Waals surface area (Å²) in [6, 6.07) is 5.31. The lowest BCUT2D eigenvalue weighted by Gasteiger charge is -2.18. The molecule has 2 rings (SSSR count). The van der Waals surface area contributed by atoms with Crippen molar-refractivity contribution >= 4 is 58.0 Å². The molecule has 0 radical (unpaired) electrons. The molecule has 0 bridgehead atoms. The lowest BCUT2D eigenvalue weighted by atomic mass is 10.2. The first kappa shape index (κ1) is 16.0. The molecule has 0 spiro atoms. The van der Waals surface area contributed by atoms with Crippen molar-refractivity contribution in [3.05, 3.63) is 33.8 Å². The van der Waals surface area contributed by atoms with Gasteiger partial charge in [-0.1, -0.05) is 64.1 Å². The minimum atomic E-state index is -1.43. The van der Waals surface area contributed by atoms with Gasteiger partial charge < -0.3 is 9.47 Å². The quantitative estimate of drug-likeness (QED) is 0.700. The molecule has 1 aromatic carbocycles. The molecule has 1 aromatic rings. The van der Waals surface area contributed by atoms with E-state index in [-0.39, 0.29) is 6.10 Å². The summed E-state index contributed by atoms with van der Waals surface area (Å²) in [7, 11) is 0. The summed E-state index contributed by atoms with van der Waals surface area (Å²) in [6.07, 6.45) is -0.0596. The number of hydrogen-bond acceptors (Lipinski definition) is 2. The molecule has 0 aromatic heterocycles. The van der Waals surface area contributed by atoms with Gasteiger partial charge in [0.2, 0.25) is 3.79 Å². The van der Waals surface area contributed by atoms with Crippen LogP contribution in [-0.4, -0.2) is 22.6 Å². The minimum Gasteiger partial charge on any atom is -0.371 e. The van der Waals surface area contributed by atoms with Gasteiger partial charge in [-0.15, -0.1) is 0 Å². The van der Waals surface area contributed by atoms with Crippen molar-refractivity contribution in [2.75, 3.05) is 6.61 Å². The third-order valence-electron chi connectivity index (χ3n) is 2.85. The monoisotopic (exact) mass is 362 g/mol. The highest BCUT2D eigenvalue weighted by Gasteiger charge is 2.40. The van der Waals surface area contributed by atoms with Crippen molar-refractivity contribution in [2.24, 2.45) is 0 Å². The van der Waals surface area contributed by atoms with Crippen molar-refractivity contribution < 1.29 is 9.47 Å². The van der Waals surface area contributed by atoms with Crippen molar-refractivity contribution in [3.63, 3.8) is 0 Å². The van der Waals surface area contributed by atoms with Crippen molar-refractivity contribution in [1.29, 1.82) is 0 Å². The van der Waals surface area contributed by atoms with E-state index in [4.69, 9.17) is 67.5 Å². The number of ether oxygens (including phenoxy) is 2. The van der Waals surface area contributed by atoms with Crippen LogP contribution in [-0.2, 0) is 16.1 Å². The van der Waals surface area contributed by atoms with Crippen LogP contribution in [0.5, 0.6) is 0 Å². The Hall–Kier alpha value is 0.590. The van der Waals surface area contributed by atoms with Crippen LogP contribution >= 0.6 is 58.0 Å². The average molecular weight is 364 g/mol. The predicted octanol–water partition coefficient (Wildman–Crippen LogP) is 5.04. The summed E-state index contributed by atoms with van der Waals surface area (Å²) in [6.45, 7) is 0.694. The van der Waals surface area contributed by atoms with Crippen LogP contribution in [0.15, 0.2) is 18.2 Å². The van der Waals surface area contributed by atoms with E-state index in [2.05, 4.69) is 0 Å². The van der Waals surface area contributed by atoms with Gasteiger partial charge in [-0.05, 0) is 12.1 Å². The Bertz CT molecular complexity index is 426. The molecule has 1 heterocycles. The molecule has 1 aliphatic rings. The molecule has 2 atom stereocenters. The van der Waals surface area contributed by atoms with Gasteiger partial charge in [-0.25, -0.2) is 0 Å². The van der Waals surface area contributed by atoms with Crippen molar-refractivity contribution in [2.45, 2.75) is 29.0 Å². The summed E-state index contributed by atoms with van der Waals surface area (Å²) in [5.41, 5.74) is 0.753. The second kappa shape index (κ2) is 6.57. The lowest BCUT2D eigenvalue weighted by Crippen LogP contribution is -2.24. The van der Waals surface area contributed by atoms with E-state index >= 15 is 0 Å². The normalized spacial score (nSPS) is 23.8. The fourth-order valence-electron chi connectivity index (χ4n) is 1.81. The Morgan fingerprint density at radius 3 is 2.37 bits per heavy atom. The Morgan fingerprint density at radius 1 is 1.21 bits per heavy atom. The number of alkyl halides is 3. The third-order valence-corrected chi connectivity index (χ3v) is 4.29. The van der Waals surface area contributed by atoms with Gasteiger partial charge in [0.15, 0.2) is 0 Å². The fourth-order valence-corrected chi connectivity index (χ4v) is 2.78. The highest BCUT2D eigenvalue weighted by atomic mass is 35.6. The summed E-state index contributed by atoms with van der Waals surface area (Å²) in [5, 5.41) is 1.15. The van der Waals surface area contributed by atoms with Crippen molar-refractivity contribution in [1.82, 2.24) is 0 Å². The SMILES string of the molecule is Clc1cccc(Cl)c1COC1COC(C(Cl)(Cl)Cl)C1. The van der Waals surface area contributed by atoms with Crippen LogP contribution < -0.4 is 0 Å². The number of benzene rings is 1. The molecule has 2 unspecified atom stereocenters. The first-order valence-electron chi connectivity index (χ1n) is 5.60. The molecule has 0 N–H and O–H groups in total. The van der Waals surface area contributed by atoms with Gasteiger partial charge in [-0.2, -0.15) is 0 Å². The van der Waals surface area contributed by atoms with Crippen LogP contribution in [0.2, 0.25) is 10.0 Å². The van der Waals surface area contributed by atoms with E-state index in [1.165, 1.54) is 0 Å². The Balaban J connectivity index is 1.91. The number of hydrogen-bond donors (Lipinski definition) is 0. The van der Waals surface area contributed by atoms with Crippen LogP contribution in [0.3, 0.4) is 0 Å². The molecular weight excluding hydrogens is 353 g/mol. The third kappa shape index (κ3) is 4.28. The van der Waals surface area contributed by atoms with E-state index in [1.54, 1.807) is 18.2 Å². The van der Waals surface area contributed by atoms with E-state index in [0.717, 1.165) is 5.56 Å². The van der Waals surface area contributed by atoms with Gasteiger partial charge in [0.1, 0.15) is 6.10 Å². The summed E-state index contributed by atoms with van der Waals surface area (Å²) in [4.78, 5) is 0. The Kier molecular flexibility index (Phi) is 5.52. The zero-order chi connectivity index (χ0) is 14.0. The first-order valence-corrected chi connectivity index (χ1v) is 7.49. The van der Waals surface area contributed by atoms with Gasteiger partial charge in [-0.3, -0.25) is 0 Å². The molecule has 19 heavy (non-hydrogen) atoms. The molecule has 2 nitrogen and oxygen atoms in total. The maximum absolute atomic E-state index is 6.06. The molecule has 1 fully saturated rings. The molecule has 0 aliphatic carbocycles. The van der Waals surface area contributed by atoms with Gasteiger partial charge >= 0.3 is 0 Å². The second-order valence-electron chi connectivity index (χ2n) is 4.23. The number of halogens is 5. The molecule has 0 saturated carbocycles. The van der Waals surface area contributed by atoms with Crippen LogP contribution in [0, 0.1) is 0 Å². The zero-order valence-corrected chi connectivity index (χ0v) is 13.5. The second-order valence-corrected chi connectivity index (χ2v) is 7.42. The zero-order valence-electron chi connectivity index (χ0n) is 9.71. The van der Waals surface area contributed by atoms with E-state index in [1.807, 2.05) is 0 Å². The van der Waals surface area contributed by atoms with Crippen LogP contribution in [0.25, 0.3) is 0 Å². The van der Waals surface area contributed by atoms with Gasteiger partial charge in [0.25, 0.3) is 0 Å². The Labute approximate surface area is 136 Å². The largest absolute Gasteiger partial charge is 0.371 e. The molecule has 1 saturated heterocycles. The Morgan fingerprint density at radius 2 is 1.84 bits per heavy atom. The van der Waals surface area contributed by atoms with Gasteiger partial charge in [0.05, 0.1) is 19.3 Å². The molecule has 106 valence electrons. The van der Waals surface area contributed by atoms with Gasteiger partial charge in [0, 0.05) is 22.0 Å². The number of rotatable bonds is 3. The van der Waals surface area contributed by atoms with E-state index < -0.39 is 9.90 Å². The average Bonchev–Trinajstić information content (AvgIpc) is 2.77. The fraction of sp³-hybridized carbons (Fsp3) is 0.500. The lowest BCUT2D eigenvalue weighted by molar-refractivity contribution is 0.0279.